The molecule has 25 heavy (non-hydrogen) atoms. The number of pyridine rings is 1. The molecule has 1 N–H and O–H groups in total. The zero-order valence-corrected chi connectivity index (χ0v) is 14.9. The van der Waals surface area contributed by atoms with Crippen molar-refractivity contribution in [2.24, 2.45) is 0 Å². The highest BCUT2D eigenvalue weighted by atomic mass is 35.5. The van der Waals surface area contributed by atoms with Crippen LogP contribution in [0.3, 0.4) is 0 Å². The highest BCUT2D eigenvalue weighted by molar-refractivity contribution is 6.33. The van der Waals surface area contributed by atoms with Crippen molar-refractivity contribution in [1.29, 1.82) is 0 Å². The summed E-state index contributed by atoms with van der Waals surface area (Å²) in [6.45, 7) is 4.79. The largest absolute Gasteiger partial charge is 0.494 e. The summed E-state index contributed by atoms with van der Waals surface area (Å²) in [7, 11) is 1.59. The SMILES string of the molecule is COc1c(Cl)cc2nc(N3CCNC[C@@H]3C)oc2c1-c1ccccn1. The molecule has 1 aliphatic heterocycles. The Morgan fingerprint density at radius 2 is 2.28 bits per heavy atom. The number of rotatable bonds is 3. The van der Waals surface area contributed by atoms with Gasteiger partial charge >= 0.3 is 0 Å². The van der Waals surface area contributed by atoms with E-state index in [-0.39, 0.29) is 0 Å². The molecule has 1 aliphatic rings. The van der Waals surface area contributed by atoms with Crippen LogP contribution in [0.4, 0.5) is 6.01 Å². The first-order valence-electron chi connectivity index (χ1n) is 8.25. The molecule has 2 aromatic heterocycles. The van der Waals surface area contributed by atoms with E-state index in [0.717, 1.165) is 30.9 Å². The molecule has 0 bridgehead atoms. The number of anilines is 1. The van der Waals surface area contributed by atoms with Crippen LogP contribution < -0.4 is 15.0 Å². The lowest BCUT2D eigenvalue weighted by Crippen LogP contribution is -2.50. The molecule has 1 aromatic carbocycles. The Balaban J connectivity index is 1.92. The van der Waals surface area contributed by atoms with E-state index in [1.807, 2.05) is 18.2 Å². The normalized spacial score (nSPS) is 17.9. The number of nitrogens with zero attached hydrogens (tertiary/aromatic N) is 3. The maximum atomic E-state index is 6.42. The van der Waals surface area contributed by atoms with Gasteiger partial charge in [0.2, 0.25) is 0 Å². The molecule has 0 amide bonds. The molecule has 4 rings (SSSR count). The van der Waals surface area contributed by atoms with E-state index in [0.29, 0.717) is 33.9 Å². The zero-order chi connectivity index (χ0) is 17.4. The molecule has 6 nitrogen and oxygen atoms in total. The minimum atomic E-state index is 0.303. The lowest BCUT2D eigenvalue weighted by molar-refractivity contribution is 0.416. The second kappa shape index (κ2) is 6.54. The van der Waals surface area contributed by atoms with E-state index in [1.165, 1.54) is 0 Å². The van der Waals surface area contributed by atoms with Crippen LogP contribution in [-0.2, 0) is 0 Å². The van der Waals surface area contributed by atoms with Crippen molar-refractivity contribution in [3.05, 3.63) is 35.5 Å². The van der Waals surface area contributed by atoms with Crippen LogP contribution in [0, 0.1) is 0 Å². The fraction of sp³-hybridized carbons (Fsp3) is 0.333. The number of hydrogen-bond acceptors (Lipinski definition) is 6. The van der Waals surface area contributed by atoms with Gasteiger partial charge in [0.1, 0.15) is 5.52 Å². The van der Waals surface area contributed by atoms with E-state index >= 15 is 0 Å². The van der Waals surface area contributed by atoms with Gasteiger partial charge in [-0.05, 0) is 25.1 Å². The molecule has 0 saturated carbocycles. The fourth-order valence-electron chi connectivity index (χ4n) is 3.20. The predicted molar refractivity (Wildman–Crippen MR) is 98.5 cm³/mol. The molecule has 130 valence electrons. The summed E-state index contributed by atoms with van der Waals surface area (Å²) in [6, 6.07) is 8.38. The number of methoxy groups -OCH3 is 1. The summed E-state index contributed by atoms with van der Waals surface area (Å²) in [5.74, 6) is 0.545. The summed E-state index contributed by atoms with van der Waals surface area (Å²) in [5, 5.41) is 3.86. The van der Waals surface area contributed by atoms with Crippen LogP contribution in [0.5, 0.6) is 5.75 Å². The maximum Gasteiger partial charge on any atom is 0.298 e. The van der Waals surface area contributed by atoms with E-state index in [9.17, 15) is 0 Å². The first-order valence-corrected chi connectivity index (χ1v) is 8.62. The molecule has 0 spiro atoms. The van der Waals surface area contributed by atoms with Gasteiger partial charge in [0.05, 0.1) is 23.4 Å². The average Bonchev–Trinajstić information content (AvgIpc) is 3.04. The quantitative estimate of drug-likeness (QED) is 0.774. The first kappa shape index (κ1) is 16.2. The topological polar surface area (TPSA) is 63.4 Å². The Hall–Kier alpha value is -2.31. The molecule has 3 heterocycles. The standard InChI is InChI=1S/C18H19ClN4O2/c1-11-10-20-7-8-23(11)18-22-14-9-12(19)16(24-2)15(17(14)25-18)13-5-3-4-6-21-13/h3-6,9,11,20H,7-8,10H2,1-2H3/t11-/m0/s1. The summed E-state index contributed by atoms with van der Waals surface area (Å²) in [4.78, 5) is 11.3. The highest BCUT2D eigenvalue weighted by Crippen LogP contribution is 2.42. The summed E-state index contributed by atoms with van der Waals surface area (Å²) in [5.41, 5.74) is 2.81. The molecule has 0 radical (unpaired) electrons. The number of benzene rings is 1. The second-order valence-corrected chi connectivity index (χ2v) is 6.48. The van der Waals surface area contributed by atoms with Gasteiger partial charge in [-0.3, -0.25) is 4.98 Å². The molecular weight excluding hydrogens is 340 g/mol. The van der Waals surface area contributed by atoms with E-state index < -0.39 is 0 Å². The highest BCUT2D eigenvalue weighted by Gasteiger charge is 2.26. The van der Waals surface area contributed by atoms with Gasteiger partial charge in [-0.2, -0.15) is 4.98 Å². The van der Waals surface area contributed by atoms with Gasteiger partial charge in [0.25, 0.3) is 6.01 Å². The summed E-state index contributed by atoms with van der Waals surface area (Å²) >= 11 is 6.42. The van der Waals surface area contributed by atoms with E-state index in [2.05, 4.69) is 27.1 Å². The van der Waals surface area contributed by atoms with Crippen molar-refractivity contribution in [2.75, 3.05) is 31.6 Å². The van der Waals surface area contributed by atoms with Gasteiger partial charge in [-0.1, -0.05) is 17.7 Å². The first-order chi connectivity index (χ1) is 12.2. The lowest BCUT2D eigenvalue weighted by Gasteiger charge is -2.32. The lowest BCUT2D eigenvalue weighted by atomic mass is 10.1. The Kier molecular flexibility index (Phi) is 4.23. The number of nitrogens with one attached hydrogen (secondary N) is 1. The predicted octanol–water partition coefficient (Wildman–Crippen LogP) is 3.35. The fourth-order valence-corrected chi connectivity index (χ4v) is 3.47. The summed E-state index contributed by atoms with van der Waals surface area (Å²) in [6.07, 6.45) is 1.73. The number of fused-ring (bicyclic) bond motifs is 1. The monoisotopic (exact) mass is 358 g/mol. The number of halogens is 1. The van der Waals surface area contributed by atoms with Crippen molar-refractivity contribution in [3.8, 4) is 17.0 Å². The van der Waals surface area contributed by atoms with Gasteiger partial charge in [-0.15, -0.1) is 0 Å². The molecule has 1 fully saturated rings. The van der Waals surface area contributed by atoms with Crippen molar-refractivity contribution in [2.45, 2.75) is 13.0 Å². The number of hydrogen-bond donors (Lipinski definition) is 1. The molecule has 0 aliphatic carbocycles. The van der Waals surface area contributed by atoms with Crippen LogP contribution in [0.2, 0.25) is 5.02 Å². The average molecular weight is 359 g/mol. The smallest absolute Gasteiger partial charge is 0.298 e. The van der Waals surface area contributed by atoms with Crippen LogP contribution >= 0.6 is 11.6 Å². The van der Waals surface area contributed by atoms with Crippen molar-refractivity contribution < 1.29 is 9.15 Å². The number of aromatic nitrogens is 2. The van der Waals surface area contributed by atoms with E-state index in [1.54, 1.807) is 19.4 Å². The maximum absolute atomic E-state index is 6.42. The molecular formula is C18H19ClN4O2. The number of piperazine rings is 1. The Morgan fingerprint density at radius 3 is 3.00 bits per heavy atom. The third-order valence-electron chi connectivity index (χ3n) is 4.45. The van der Waals surface area contributed by atoms with Crippen LogP contribution in [-0.4, -0.2) is 42.8 Å². The van der Waals surface area contributed by atoms with Gasteiger partial charge < -0.3 is 19.4 Å². The van der Waals surface area contributed by atoms with Crippen molar-refractivity contribution in [3.63, 3.8) is 0 Å². The Labute approximate surface area is 150 Å². The molecule has 1 atom stereocenters. The minimum absolute atomic E-state index is 0.303. The number of oxazole rings is 1. The molecule has 3 aromatic rings. The zero-order valence-electron chi connectivity index (χ0n) is 14.1. The molecule has 1 saturated heterocycles. The molecule has 7 heteroatoms. The Morgan fingerprint density at radius 1 is 1.40 bits per heavy atom. The summed E-state index contributed by atoms with van der Waals surface area (Å²) < 4.78 is 11.7. The van der Waals surface area contributed by atoms with Gasteiger partial charge in [0, 0.05) is 31.9 Å². The molecule has 0 unspecified atom stereocenters. The van der Waals surface area contributed by atoms with Crippen LogP contribution in [0.15, 0.2) is 34.9 Å². The van der Waals surface area contributed by atoms with Crippen molar-refractivity contribution in [1.82, 2.24) is 15.3 Å². The van der Waals surface area contributed by atoms with Crippen LogP contribution in [0.1, 0.15) is 6.92 Å². The number of ether oxygens (including phenoxy) is 1. The third kappa shape index (κ3) is 2.81. The van der Waals surface area contributed by atoms with Gasteiger partial charge in [-0.25, -0.2) is 0 Å². The van der Waals surface area contributed by atoms with E-state index in [4.69, 9.17) is 20.8 Å². The van der Waals surface area contributed by atoms with Gasteiger partial charge in [0.15, 0.2) is 11.3 Å². The third-order valence-corrected chi connectivity index (χ3v) is 4.73. The van der Waals surface area contributed by atoms with Crippen LogP contribution in [0.25, 0.3) is 22.4 Å². The Bertz CT molecular complexity index is 897. The van der Waals surface area contributed by atoms with Crippen molar-refractivity contribution >= 4 is 28.7 Å². The second-order valence-electron chi connectivity index (χ2n) is 6.07. The minimum Gasteiger partial charge on any atom is -0.494 e.